The number of hydrogen-bond donors (Lipinski definition) is 1. The summed E-state index contributed by atoms with van der Waals surface area (Å²) >= 11 is 0. The van der Waals surface area contributed by atoms with E-state index in [9.17, 15) is 4.79 Å². The molecule has 0 unspecified atom stereocenters. The van der Waals surface area contributed by atoms with Crippen molar-refractivity contribution in [1.82, 2.24) is 4.90 Å². The largest absolute Gasteiger partial charge is 0.482 e. The number of hydrogen-bond acceptors (Lipinski definition) is 3. The standard InChI is InChI=1S/C12H15NO3/c1-13-6-5-10-9(7-13)3-2-4-11(10)16-8-12(14)15/h2-4H,5-8H2,1H3,(H,14,15). The molecule has 0 fully saturated rings. The Kier molecular flexibility index (Phi) is 3.10. The van der Waals surface area contributed by atoms with E-state index in [4.69, 9.17) is 9.84 Å². The molecule has 1 aromatic rings. The van der Waals surface area contributed by atoms with Crippen LogP contribution in [-0.4, -0.2) is 36.2 Å². The molecule has 0 saturated carbocycles. The van der Waals surface area contributed by atoms with Gasteiger partial charge in [-0.25, -0.2) is 4.79 Å². The molecule has 0 atom stereocenters. The molecule has 0 radical (unpaired) electrons. The summed E-state index contributed by atoms with van der Waals surface area (Å²) in [4.78, 5) is 12.7. The summed E-state index contributed by atoms with van der Waals surface area (Å²) in [6, 6.07) is 5.82. The van der Waals surface area contributed by atoms with Crippen molar-refractivity contribution in [2.24, 2.45) is 0 Å². The van der Waals surface area contributed by atoms with Crippen LogP contribution in [0.1, 0.15) is 11.1 Å². The third-order valence-electron chi connectivity index (χ3n) is 2.76. The van der Waals surface area contributed by atoms with Gasteiger partial charge >= 0.3 is 5.97 Å². The van der Waals surface area contributed by atoms with Gasteiger partial charge in [-0.15, -0.1) is 0 Å². The van der Waals surface area contributed by atoms with Gasteiger partial charge in [-0.05, 0) is 30.7 Å². The summed E-state index contributed by atoms with van der Waals surface area (Å²) in [6.45, 7) is 1.62. The second kappa shape index (κ2) is 4.53. The van der Waals surface area contributed by atoms with Gasteiger partial charge < -0.3 is 14.7 Å². The first-order valence-corrected chi connectivity index (χ1v) is 5.30. The van der Waals surface area contributed by atoms with E-state index in [0.29, 0.717) is 5.75 Å². The highest BCUT2D eigenvalue weighted by molar-refractivity contribution is 5.68. The molecular weight excluding hydrogens is 206 g/mol. The number of carbonyl (C=O) groups is 1. The van der Waals surface area contributed by atoms with Crippen LogP contribution in [0, 0.1) is 0 Å². The number of aliphatic carboxylic acids is 1. The molecule has 1 aliphatic rings. The molecule has 1 N–H and O–H groups in total. The monoisotopic (exact) mass is 221 g/mol. The summed E-state index contributed by atoms with van der Waals surface area (Å²) in [5.74, 6) is -0.224. The molecule has 86 valence electrons. The van der Waals surface area contributed by atoms with Gasteiger partial charge in [0.1, 0.15) is 5.75 Å². The minimum Gasteiger partial charge on any atom is -0.482 e. The van der Waals surface area contributed by atoms with E-state index >= 15 is 0 Å². The topological polar surface area (TPSA) is 49.8 Å². The first-order chi connectivity index (χ1) is 7.66. The molecule has 1 aliphatic heterocycles. The van der Waals surface area contributed by atoms with Gasteiger partial charge in [0.25, 0.3) is 0 Å². The Morgan fingerprint density at radius 3 is 3.12 bits per heavy atom. The quantitative estimate of drug-likeness (QED) is 0.831. The maximum Gasteiger partial charge on any atom is 0.341 e. The predicted molar refractivity (Wildman–Crippen MR) is 59.6 cm³/mol. The van der Waals surface area contributed by atoms with Crippen LogP contribution in [0.25, 0.3) is 0 Å². The first kappa shape index (κ1) is 11.0. The van der Waals surface area contributed by atoms with E-state index in [1.54, 1.807) is 0 Å². The molecular formula is C12H15NO3. The van der Waals surface area contributed by atoms with Gasteiger partial charge in [0.2, 0.25) is 0 Å². The Balaban J connectivity index is 2.20. The number of likely N-dealkylation sites (N-methyl/N-ethyl adjacent to an activating group) is 1. The molecule has 4 heteroatoms. The number of ether oxygens (including phenoxy) is 1. The second-order valence-electron chi connectivity index (χ2n) is 4.06. The average Bonchev–Trinajstić information content (AvgIpc) is 2.25. The summed E-state index contributed by atoms with van der Waals surface area (Å²) in [6.07, 6.45) is 0.918. The molecule has 1 aromatic carbocycles. The molecule has 4 nitrogen and oxygen atoms in total. The number of nitrogens with zero attached hydrogens (tertiary/aromatic N) is 1. The van der Waals surface area contributed by atoms with Gasteiger partial charge in [-0.3, -0.25) is 0 Å². The second-order valence-corrected chi connectivity index (χ2v) is 4.06. The Morgan fingerprint density at radius 2 is 2.38 bits per heavy atom. The Morgan fingerprint density at radius 1 is 1.56 bits per heavy atom. The zero-order chi connectivity index (χ0) is 11.5. The zero-order valence-electron chi connectivity index (χ0n) is 9.27. The third kappa shape index (κ3) is 2.33. The maximum atomic E-state index is 10.5. The van der Waals surface area contributed by atoms with Crippen LogP contribution >= 0.6 is 0 Å². The fraction of sp³-hybridized carbons (Fsp3) is 0.417. The van der Waals surface area contributed by atoms with Crippen LogP contribution in [0.3, 0.4) is 0 Å². The number of rotatable bonds is 3. The van der Waals surface area contributed by atoms with Crippen molar-refractivity contribution >= 4 is 5.97 Å². The van der Waals surface area contributed by atoms with Crippen LogP contribution < -0.4 is 4.74 Å². The molecule has 16 heavy (non-hydrogen) atoms. The van der Waals surface area contributed by atoms with Crippen molar-refractivity contribution in [3.63, 3.8) is 0 Å². The number of carboxylic acid groups (broad SMARTS) is 1. The van der Waals surface area contributed by atoms with Gasteiger partial charge in [0.15, 0.2) is 6.61 Å². The molecule has 0 saturated heterocycles. The summed E-state index contributed by atoms with van der Waals surface area (Å²) in [5, 5.41) is 8.59. The lowest BCUT2D eigenvalue weighted by Crippen LogP contribution is -2.27. The lowest BCUT2D eigenvalue weighted by molar-refractivity contribution is -0.139. The number of benzene rings is 1. The van der Waals surface area contributed by atoms with E-state index in [1.165, 1.54) is 5.56 Å². The Labute approximate surface area is 94.4 Å². The highest BCUT2D eigenvalue weighted by Crippen LogP contribution is 2.27. The highest BCUT2D eigenvalue weighted by Gasteiger charge is 2.17. The van der Waals surface area contributed by atoms with E-state index in [-0.39, 0.29) is 6.61 Å². The summed E-state index contributed by atoms with van der Waals surface area (Å²) in [5.41, 5.74) is 2.39. The SMILES string of the molecule is CN1CCc2c(cccc2OCC(=O)O)C1. The normalized spacial score (nSPS) is 15.6. The van der Waals surface area contributed by atoms with E-state index < -0.39 is 5.97 Å². The molecule has 2 rings (SSSR count). The molecule has 1 heterocycles. The van der Waals surface area contributed by atoms with Crippen molar-refractivity contribution in [1.29, 1.82) is 0 Å². The van der Waals surface area contributed by atoms with Crippen LogP contribution in [0.4, 0.5) is 0 Å². The van der Waals surface area contributed by atoms with Gasteiger partial charge in [0, 0.05) is 13.1 Å². The van der Waals surface area contributed by atoms with Crippen LogP contribution in [-0.2, 0) is 17.8 Å². The smallest absolute Gasteiger partial charge is 0.341 e. The van der Waals surface area contributed by atoms with Crippen LogP contribution in [0.2, 0.25) is 0 Å². The Bertz CT molecular complexity index is 403. The molecule has 0 amide bonds. The maximum absolute atomic E-state index is 10.5. The lowest BCUT2D eigenvalue weighted by Gasteiger charge is -2.26. The fourth-order valence-corrected chi connectivity index (χ4v) is 1.99. The minimum absolute atomic E-state index is 0.272. The molecule has 0 spiro atoms. The molecule has 0 aliphatic carbocycles. The Hall–Kier alpha value is -1.55. The number of carboxylic acids is 1. The van der Waals surface area contributed by atoms with Crippen molar-refractivity contribution in [2.75, 3.05) is 20.2 Å². The molecule has 0 bridgehead atoms. The average molecular weight is 221 g/mol. The van der Waals surface area contributed by atoms with Gasteiger partial charge in [-0.1, -0.05) is 12.1 Å². The summed E-state index contributed by atoms with van der Waals surface area (Å²) < 4.78 is 5.28. The van der Waals surface area contributed by atoms with Crippen molar-refractivity contribution in [3.05, 3.63) is 29.3 Å². The summed E-state index contributed by atoms with van der Waals surface area (Å²) in [7, 11) is 2.08. The number of fused-ring (bicyclic) bond motifs is 1. The predicted octanol–water partition coefficient (Wildman–Crippen LogP) is 1.14. The van der Waals surface area contributed by atoms with Gasteiger partial charge in [0.05, 0.1) is 0 Å². The van der Waals surface area contributed by atoms with E-state index in [1.807, 2.05) is 12.1 Å². The van der Waals surface area contributed by atoms with Crippen LogP contribution in [0.5, 0.6) is 5.75 Å². The first-order valence-electron chi connectivity index (χ1n) is 5.30. The lowest BCUT2D eigenvalue weighted by atomic mass is 9.99. The molecule has 0 aromatic heterocycles. The minimum atomic E-state index is -0.939. The van der Waals surface area contributed by atoms with Crippen molar-refractivity contribution in [2.45, 2.75) is 13.0 Å². The van der Waals surface area contributed by atoms with Crippen LogP contribution in [0.15, 0.2) is 18.2 Å². The van der Waals surface area contributed by atoms with Gasteiger partial charge in [-0.2, -0.15) is 0 Å². The van der Waals surface area contributed by atoms with Crippen molar-refractivity contribution < 1.29 is 14.6 Å². The fourth-order valence-electron chi connectivity index (χ4n) is 1.99. The van der Waals surface area contributed by atoms with E-state index in [2.05, 4.69) is 18.0 Å². The van der Waals surface area contributed by atoms with Crippen molar-refractivity contribution in [3.8, 4) is 5.75 Å². The van der Waals surface area contributed by atoms with E-state index in [0.717, 1.165) is 25.1 Å². The third-order valence-corrected chi connectivity index (χ3v) is 2.76. The highest BCUT2D eigenvalue weighted by atomic mass is 16.5. The zero-order valence-corrected chi connectivity index (χ0v) is 9.27.